The van der Waals surface area contributed by atoms with Crippen molar-refractivity contribution in [3.63, 3.8) is 0 Å². The van der Waals surface area contributed by atoms with Crippen LogP contribution in [0.5, 0.6) is 0 Å². The summed E-state index contributed by atoms with van der Waals surface area (Å²) in [5.74, 6) is 0.110. The van der Waals surface area contributed by atoms with Crippen molar-refractivity contribution in [1.29, 1.82) is 0 Å². The molecule has 2 bridgehead atoms. The van der Waals surface area contributed by atoms with Gasteiger partial charge >= 0.3 is 5.97 Å². The summed E-state index contributed by atoms with van der Waals surface area (Å²) in [5.41, 5.74) is 0. The first-order valence-corrected chi connectivity index (χ1v) is 8.41. The molecule has 144 valence electrons. The molecule has 3 fully saturated rings. The van der Waals surface area contributed by atoms with E-state index in [9.17, 15) is 4.79 Å². The van der Waals surface area contributed by atoms with E-state index < -0.39 is 5.97 Å². The Labute approximate surface area is 164 Å². The number of likely N-dealkylation sites (N-methyl/N-ethyl adjacent to an activating group) is 1. The van der Waals surface area contributed by atoms with Gasteiger partial charge in [-0.05, 0) is 45.7 Å². The van der Waals surface area contributed by atoms with E-state index in [-0.39, 0.29) is 43.6 Å². The number of piperazine rings is 1. The number of fused-ring (bicyclic) bond motifs is 2. The topological polar surface area (TPSA) is 47.0 Å². The standard InChI is InChI=1S/C16H29N3O2.3ClH/c1-17-7-8-19(6-5-16(20)21)11-15(17)12-9-13-3-4-14(10-12)18(13)2;;;/h12-15H,3-11H2,1-2H3,(H,20,21);3*1H. The number of hydrogen-bond acceptors (Lipinski definition) is 4. The molecule has 3 heterocycles. The van der Waals surface area contributed by atoms with Gasteiger partial charge in [0.2, 0.25) is 0 Å². The van der Waals surface area contributed by atoms with Crippen LogP contribution >= 0.6 is 37.2 Å². The van der Waals surface area contributed by atoms with E-state index in [4.69, 9.17) is 5.11 Å². The van der Waals surface area contributed by atoms with Crippen LogP contribution in [0.1, 0.15) is 32.1 Å². The molecular weight excluding hydrogens is 373 g/mol. The van der Waals surface area contributed by atoms with Crippen molar-refractivity contribution >= 4 is 43.2 Å². The minimum absolute atomic E-state index is 0. The van der Waals surface area contributed by atoms with E-state index in [1.54, 1.807) is 0 Å². The first-order valence-electron chi connectivity index (χ1n) is 8.41. The fourth-order valence-electron chi connectivity index (χ4n) is 4.69. The maximum atomic E-state index is 10.8. The van der Waals surface area contributed by atoms with Crippen LogP contribution in [0.25, 0.3) is 0 Å². The predicted octanol–water partition coefficient (Wildman–Crippen LogP) is 2.22. The number of carbonyl (C=O) groups is 1. The van der Waals surface area contributed by atoms with Crippen molar-refractivity contribution in [2.24, 2.45) is 5.92 Å². The molecule has 3 aliphatic heterocycles. The molecule has 0 amide bonds. The highest BCUT2D eigenvalue weighted by Crippen LogP contribution is 2.40. The van der Waals surface area contributed by atoms with Gasteiger partial charge in [-0.25, -0.2) is 0 Å². The summed E-state index contributed by atoms with van der Waals surface area (Å²) >= 11 is 0. The second kappa shape index (κ2) is 10.4. The third-order valence-corrected chi connectivity index (χ3v) is 6.10. The van der Waals surface area contributed by atoms with E-state index in [1.807, 2.05) is 0 Å². The molecule has 3 atom stereocenters. The Morgan fingerprint density at radius 1 is 1.04 bits per heavy atom. The second-order valence-corrected chi connectivity index (χ2v) is 7.27. The highest BCUT2D eigenvalue weighted by Gasteiger charge is 2.42. The molecule has 3 unspecified atom stereocenters. The van der Waals surface area contributed by atoms with Crippen molar-refractivity contribution in [3.8, 4) is 0 Å². The second-order valence-electron chi connectivity index (χ2n) is 7.27. The maximum absolute atomic E-state index is 10.8. The Morgan fingerprint density at radius 2 is 1.62 bits per heavy atom. The van der Waals surface area contributed by atoms with E-state index in [2.05, 4.69) is 28.8 Å². The summed E-state index contributed by atoms with van der Waals surface area (Å²) in [7, 11) is 4.54. The largest absolute Gasteiger partial charge is 0.481 e. The summed E-state index contributed by atoms with van der Waals surface area (Å²) < 4.78 is 0. The highest BCUT2D eigenvalue weighted by molar-refractivity contribution is 5.86. The number of rotatable bonds is 4. The van der Waals surface area contributed by atoms with Gasteiger partial charge in [-0.3, -0.25) is 9.69 Å². The fourth-order valence-corrected chi connectivity index (χ4v) is 4.69. The molecule has 3 rings (SSSR count). The van der Waals surface area contributed by atoms with Crippen LogP contribution in [-0.2, 0) is 4.79 Å². The lowest BCUT2D eigenvalue weighted by Crippen LogP contribution is -2.57. The van der Waals surface area contributed by atoms with Crippen molar-refractivity contribution in [1.82, 2.24) is 14.7 Å². The molecule has 0 spiro atoms. The third kappa shape index (κ3) is 5.36. The molecule has 3 saturated heterocycles. The maximum Gasteiger partial charge on any atom is 0.304 e. The van der Waals surface area contributed by atoms with Gasteiger partial charge in [-0.2, -0.15) is 0 Å². The number of piperidine rings is 1. The fraction of sp³-hybridized carbons (Fsp3) is 0.938. The third-order valence-electron chi connectivity index (χ3n) is 6.10. The van der Waals surface area contributed by atoms with Crippen LogP contribution in [0.4, 0.5) is 0 Å². The first-order chi connectivity index (χ1) is 10.0. The van der Waals surface area contributed by atoms with Crippen LogP contribution in [0.15, 0.2) is 0 Å². The van der Waals surface area contributed by atoms with Gasteiger partial charge in [0.25, 0.3) is 0 Å². The Morgan fingerprint density at radius 3 is 2.17 bits per heavy atom. The smallest absolute Gasteiger partial charge is 0.304 e. The van der Waals surface area contributed by atoms with Gasteiger partial charge in [-0.15, -0.1) is 37.2 Å². The molecule has 0 aromatic heterocycles. The van der Waals surface area contributed by atoms with Gasteiger partial charge in [0.05, 0.1) is 6.42 Å². The zero-order chi connectivity index (χ0) is 15.0. The zero-order valence-electron chi connectivity index (χ0n) is 14.6. The molecule has 3 aliphatic rings. The predicted molar refractivity (Wildman–Crippen MR) is 104 cm³/mol. The SMILES string of the molecule is CN1CCN(CCC(=O)O)CC1C1CC2CCC(C1)N2C.Cl.Cl.Cl. The highest BCUT2D eigenvalue weighted by atomic mass is 35.5. The van der Waals surface area contributed by atoms with Crippen molar-refractivity contribution in [2.75, 3.05) is 40.3 Å². The summed E-state index contributed by atoms with van der Waals surface area (Å²) in [6, 6.07) is 2.19. The van der Waals surface area contributed by atoms with E-state index in [1.165, 1.54) is 25.7 Å². The van der Waals surface area contributed by atoms with Crippen molar-refractivity contribution < 1.29 is 9.90 Å². The molecule has 0 aliphatic carbocycles. The van der Waals surface area contributed by atoms with Crippen molar-refractivity contribution in [2.45, 2.75) is 50.2 Å². The lowest BCUT2D eigenvalue weighted by molar-refractivity contribution is -0.137. The summed E-state index contributed by atoms with van der Waals surface area (Å²) in [5, 5.41) is 8.88. The lowest BCUT2D eigenvalue weighted by atomic mass is 9.83. The number of halogens is 3. The van der Waals surface area contributed by atoms with Gasteiger partial charge in [-0.1, -0.05) is 0 Å². The molecule has 0 radical (unpaired) electrons. The van der Waals surface area contributed by atoms with Crippen LogP contribution in [0.2, 0.25) is 0 Å². The number of hydrogen-bond donors (Lipinski definition) is 1. The monoisotopic (exact) mass is 403 g/mol. The summed E-state index contributed by atoms with van der Waals surface area (Å²) in [4.78, 5) is 18.3. The van der Waals surface area contributed by atoms with E-state index in [0.29, 0.717) is 12.6 Å². The molecular formula is C16H32Cl3N3O2. The van der Waals surface area contributed by atoms with Gasteiger partial charge in [0.15, 0.2) is 0 Å². The molecule has 0 saturated carbocycles. The molecule has 8 heteroatoms. The van der Waals surface area contributed by atoms with Crippen LogP contribution in [0.3, 0.4) is 0 Å². The minimum Gasteiger partial charge on any atom is -0.481 e. The van der Waals surface area contributed by atoms with Crippen molar-refractivity contribution in [3.05, 3.63) is 0 Å². The Kier molecular flexibility index (Phi) is 10.5. The van der Waals surface area contributed by atoms with Crippen LogP contribution < -0.4 is 0 Å². The van der Waals surface area contributed by atoms with E-state index >= 15 is 0 Å². The molecule has 0 aromatic carbocycles. The number of carboxylic acid groups (broad SMARTS) is 1. The Balaban J connectivity index is 0.00000176. The molecule has 1 N–H and O–H groups in total. The van der Waals surface area contributed by atoms with Gasteiger partial charge in [0.1, 0.15) is 0 Å². The summed E-state index contributed by atoms with van der Waals surface area (Å²) in [6.07, 6.45) is 5.67. The Bertz CT molecular complexity index is 389. The summed E-state index contributed by atoms with van der Waals surface area (Å²) in [6.45, 7) is 3.85. The average Bonchev–Trinajstić information content (AvgIpc) is 2.67. The number of carboxylic acids is 1. The zero-order valence-corrected chi connectivity index (χ0v) is 17.0. The first kappa shape index (κ1) is 24.2. The quantitative estimate of drug-likeness (QED) is 0.778. The minimum atomic E-state index is -0.678. The average molecular weight is 405 g/mol. The van der Waals surface area contributed by atoms with Gasteiger partial charge in [0, 0.05) is 44.3 Å². The number of nitrogens with zero attached hydrogens (tertiary/aromatic N) is 3. The molecule has 5 nitrogen and oxygen atoms in total. The lowest BCUT2D eigenvalue weighted by Gasteiger charge is -2.47. The van der Waals surface area contributed by atoms with Crippen LogP contribution in [0, 0.1) is 5.92 Å². The molecule has 0 aromatic rings. The molecule has 24 heavy (non-hydrogen) atoms. The van der Waals surface area contributed by atoms with Crippen LogP contribution in [-0.4, -0.2) is 84.2 Å². The normalized spacial score (nSPS) is 33.9. The Hall–Kier alpha value is 0.220. The number of aliphatic carboxylic acids is 1. The van der Waals surface area contributed by atoms with Gasteiger partial charge < -0.3 is 14.9 Å². The van der Waals surface area contributed by atoms with E-state index in [0.717, 1.165) is 37.6 Å².